The predicted molar refractivity (Wildman–Crippen MR) is 82.5 cm³/mol. The van der Waals surface area contributed by atoms with Crippen molar-refractivity contribution in [3.63, 3.8) is 0 Å². The van der Waals surface area contributed by atoms with E-state index < -0.39 is 0 Å². The van der Waals surface area contributed by atoms with Gasteiger partial charge in [-0.15, -0.1) is 0 Å². The van der Waals surface area contributed by atoms with Gasteiger partial charge in [-0.05, 0) is 42.3 Å². The van der Waals surface area contributed by atoms with Crippen LogP contribution in [0.2, 0.25) is 5.02 Å². The van der Waals surface area contributed by atoms with Crippen molar-refractivity contribution in [3.8, 4) is 22.6 Å². The van der Waals surface area contributed by atoms with Gasteiger partial charge in [0.05, 0.1) is 18.2 Å². The molecule has 2 aromatic carbocycles. The molecular formula is C17H15ClO3. The van der Waals surface area contributed by atoms with Crippen molar-refractivity contribution in [3.05, 3.63) is 47.0 Å². The molecule has 1 aliphatic heterocycles. The molecule has 0 aliphatic carbocycles. The van der Waals surface area contributed by atoms with Gasteiger partial charge in [0.1, 0.15) is 0 Å². The van der Waals surface area contributed by atoms with Crippen molar-refractivity contribution in [2.24, 2.45) is 0 Å². The molecule has 0 unspecified atom stereocenters. The van der Waals surface area contributed by atoms with E-state index in [1.807, 2.05) is 24.3 Å². The fraction of sp³-hybridized carbons (Fsp3) is 0.235. The second-order valence-corrected chi connectivity index (χ2v) is 5.37. The van der Waals surface area contributed by atoms with E-state index in [-0.39, 0.29) is 5.78 Å². The van der Waals surface area contributed by atoms with Gasteiger partial charge in [0, 0.05) is 12.0 Å². The van der Waals surface area contributed by atoms with Crippen molar-refractivity contribution in [2.45, 2.75) is 13.3 Å². The quantitative estimate of drug-likeness (QED) is 0.773. The molecule has 21 heavy (non-hydrogen) atoms. The molecule has 0 spiro atoms. The van der Waals surface area contributed by atoms with Crippen LogP contribution in [-0.2, 0) is 0 Å². The normalized spacial score (nSPS) is 13.6. The number of hydrogen-bond donors (Lipinski definition) is 0. The Balaban J connectivity index is 1.99. The number of carbonyl (C=O) groups is 1. The molecule has 0 amide bonds. The van der Waals surface area contributed by atoms with E-state index in [0.717, 1.165) is 29.0 Å². The molecule has 0 saturated carbocycles. The topological polar surface area (TPSA) is 35.5 Å². The molecule has 0 aromatic heterocycles. The van der Waals surface area contributed by atoms with Gasteiger partial charge < -0.3 is 9.47 Å². The summed E-state index contributed by atoms with van der Waals surface area (Å²) in [5.74, 6) is 1.48. The van der Waals surface area contributed by atoms with E-state index in [2.05, 4.69) is 0 Å². The van der Waals surface area contributed by atoms with Crippen LogP contribution in [0.5, 0.6) is 11.5 Å². The number of Topliss-reactive ketones (excluding diaryl/α,β-unsaturated/α-hetero) is 1. The van der Waals surface area contributed by atoms with Crippen LogP contribution in [0.25, 0.3) is 11.1 Å². The molecule has 4 heteroatoms. The fourth-order valence-electron chi connectivity index (χ4n) is 2.32. The van der Waals surface area contributed by atoms with Gasteiger partial charge in [-0.3, -0.25) is 4.79 Å². The average molecular weight is 303 g/mol. The zero-order chi connectivity index (χ0) is 14.8. The second kappa shape index (κ2) is 5.78. The summed E-state index contributed by atoms with van der Waals surface area (Å²) >= 11 is 6.17. The molecule has 108 valence electrons. The second-order valence-electron chi connectivity index (χ2n) is 4.96. The summed E-state index contributed by atoms with van der Waals surface area (Å²) in [5, 5.41) is 0.465. The Morgan fingerprint density at radius 2 is 1.67 bits per heavy atom. The standard InChI is InChI=1S/C17H15ClO3/c1-11(19)14-5-3-12(9-15(14)18)13-4-6-16-17(10-13)21-8-2-7-20-16/h3-6,9-10H,2,7-8H2,1H3. The Hall–Kier alpha value is -2.00. The van der Waals surface area contributed by atoms with Crippen molar-refractivity contribution >= 4 is 17.4 Å². The lowest BCUT2D eigenvalue weighted by Gasteiger charge is -2.10. The van der Waals surface area contributed by atoms with Crippen molar-refractivity contribution < 1.29 is 14.3 Å². The molecule has 0 N–H and O–H groups in total. The summed E-state index contributed by atoms with van der Waals surface area (Å²) in [6.07, 6.45) is 0.878. The maximum absolute atomic E-state index is 11.4. The Bertz CT molecular complexity index is 694. The fourth-order valence-corrected chi connectivity index (χ4v) is 2.64. The number of rotatable bonds is 2. The number of hydrogen-bond acceptors (Lipinski definition) is 3. The van der Waals surface area contributed by atoms with E-state index in [1.165, 1.54) is 6.92 Å². The smallest absolute Gasteiger partial charge is 0.161 e. The molecule has 0 saturated heterocycles. The minimum absolute atomic E-state index is 0.0368. The third kappa shape index (κ3) is 2.88. The lowest BCUT2D eigenvalue weighted by Crippen LogP contribution is -1.97. The van der Waals surface area contributed by atoms with Crippen LogP contribution < -0.4 is 9.47 Å². The molecule has 0 bridgehead atoms. The molecule has 2 aromatic rings. The number of benzene rings is 2. The van der Waals surface area contributed by atoms with Crippen LogP contribution in [0.15, 0.2) is 36.4 Å². The third-order valence-electron chi connectivity index (χ3n) is 3.43. The minimum atomic E-state index is -0.0368. The van der Waals surface area contributed by atoms with Gasteiger partial charge in [-0.2, -0.15) is 0 Å². The first kappa shape index (κ1) is 14.0. The van der Waals surface area contributed by atoms with Gasteiger partial charge in [-0.1, -0.05) is 23.7 Å². The van der Waals surface area contributed by atoms with Crippen molar-refractivity contribution in [2.75, 3.05) is 13.2 Å². The van der Waals surface area contributed by atoms with Gasteiger partial charge in [0.15, 0.2) is 17.3 Å². The highest BCUT2D eigenvalue weighted by Gasteiger charge is 2.13. The van der Waals surface area contributed by atoms with E-state index in [1.54, 1.807) is 12.1 Å². The van der Waals surface area contributed by atoms with E-state index in [4.69, 9.17) is 21.1 Å². The molecule has 3 nitrogen and oxygen atoms in total. The summed E-state index contributed by atoms with van der Waals surface area (Å²) in [5.41, 5.74) is 2.46. The molecule has 3 rings (SSSR count). The monoisotopic (exact) mass is 302 g/mol. The van der Waals surface area contributed by atoms with Crippen molar-refractivity contribution in [1.82, 2.24) is 0 Å². The molecule has 0 radical (unpaired) electrons. The number of carbonyl (C=O) groups excluding carboxylic acids is 1. The summed E-state index contributed by atoms with van der Waals surface area (Å²) in [4.78, 5) is 11.4. The Morgan fingerprint density at radius 1 is 1.00 bits per heavy atom. The van der Waals surface area contributed by atoms with Crippen molar-refractivity contribution in [1.29, 1.82) is 0 Å². The largest absolute Gasteiger partial charge is 0.490 e. The van der Waals surface area contributed by atoms with Crippen LogP contribution in [0, 0.1) is 0 Å². The predicted octanol–water partition coefficient (Wildman–Crippen LogP) is 4.37. The molecule has 1 aliphatic rings. The molecule has 0 atom stereocenters. The highest BCUT2D eigenvalue weighted by molar-refractivity contribution is 6.34. The SMILES string of the molecule is CC(=O)c1ccc(-c2ccc3c(c2)OCCCO3)cc1Cl. The Morgan fingerprint density at radius 3 is 2.38 bits per heavy atom. The summed E-state index contributed by atoms with van der Waals surface area (Å²) in [6, 6.07) is 11.3. The number of ketones is 1. The first-order valence-corrected chi connectivity index (χ1v) is 7.23. The van der Waals surface area contributed by atoms with Crippen LogP contribution in [0.3, 0.4) is 0 Å². The average Bonchev–Trinajstić information content (AvgIpc) is 2.71. The Labute approximate surface area is 128 Å². The summed E-state index contributed by atoms with van der Waals surface area (Å²) in [6.45, 7) is 2.83. The third-order valence-corrected chi connectivity index (χ3v) is 3.74. The van der Waals surface area contributed by atoms with Gasteiger partial charge in [0.2, 0.25) is 0 Å². The van der Waals surface area contributed by atoms with Crippen LogP contribution >= 0.6 is 11.6 Å². The molecular weight excluding hydrogens is 288 g/mol. The van der Waals surface area contributed by atoms with Gasteiger partial charge >= 0.3 is 0 Å². The first-order chi connectivity index (χ1) is 10.1. The lowest BCUT2D eigenvalue weighted by molar-refractivity contribution is 0.101. The lowest BCUT2D eigenvalue weighted by atomic mass is 10.0. The Kier molecular flexibility index (Phi) is 3.84. The number of fused-ring (bicyclic) bond motifs is 1. The van der Waals surface area contributed by atoms with E-state index in [0.29, 0.717) is 23.8 Å². The molecule has 0 fully saturated rings. The highest BCUT2D eigenvalue weighted by Crippen LogP contribution is 2.35. The van der Waals surface area contributed by atoms with E-state index >= 15 is 0 Å². The zero-order valence-corrected chi connectivity index (χ0v) is 12.4. The van der Waals surface area contributed by atoms with Gasteiger partial charge in [0.25, 0.3) is 0 Å². The first-order valence-electron chi connectivity index (χ1n) is 6.85. The number of halogens is 1. The summed E-state index contributed by atoms with van der Waals surface area (Å²) < 4.78 is 11.3. The van der Waals surface area contributed by atoms with Crippen LogP contribution in [-0.4, -0.2) is 19.0 Å². The maximum atomic E-state index is 11.4. The molecule has 1 heterocycles. The van der Waals surface area contributed by atoms with E-state index in [9.17, 15) is 4.79 Å². The highest BCUT2D eigenvalue weighted by atomic mass is 35.5. The zero-order valence-electron chi connectivity index (χ0n) is 11.7. The maximum Gasteiger partial charge on any atom is 0.161 e. The minimum Gasteiger partial charge on any atom is -0.490 e. The van der Waals surface area contributed by atoms with Crippen LogP contribution in [0.4, 0.5) is 0 Å². The number of ether oxygens (including phenoxy) is 2. The van der Waals surface area contributed by atoms with Gasteiger partial charge in [-0.25, -0.2) is 0 Å². The van der Waals surface area contributed by atoms with Crippen LogP contribution in [0.1, 0.15) is 23.7 Å². The summed E-state index contributed by atoms with van der Waals surface area (Å²) in [7, 11) is 0.